The Morgan fingerprint density at radius 2 is 1.91 bits per heavy atom. The van der Waals surface area contributed by atoms with E-state index in [0.29, 0.717) is 5.82 Å². The van der Waals surface area contributed by atoms with E-state index < -0.39 is 0 Å². The van der Waals surface area contributed by atoms with Crippen LogP contribution in [0.25, 0.3) is 11.4 Å². The molecule has 0 aliphatic heterocycles. The van der Waals surface area contributed by atoms with Crippen LogP contribution in [0.1, 0.15) is 38.0 Å². The molecule has 0 bridgehead atoms. The average Bonchev–Trinajstić information content (AvgIpc) is 3.05. The summed E-state index contributed by atoms with van der Waals surface area (Å²) >= 11 is 0. The number of hydrogen-bond acceptors (Lipinski definition) is 5. The molecule has 0 spiro atoms. The molecule has 5 heteroatoms. The second-order valence-electron chi connectivity index (χ2n) is 6.70. The van der Waals surface area contributed by atoms with E-state index in [1.807, 2.05) is 24.3 Å². The summed E-state index contributed by atoms with van der Waals surface area (Å²) in [6, 6.07) is 7.79. The van der Waals surface area contributed by atoms with E-state index in [2.05, 4.69) is 24.2 Å². The van der Waals surface area contributed by atoms with Crippen molar-refractivity contribution >= 4 is 0 Å². The third-order valence-electron chi connectivity index (χ3n) is 4.66. The molecule has 23 heavy (non-hydrogen) atoms. The second kappa shape index (κ2) is 6.71. The lowest BCUT2D eigenvalue weighted by Gasteiger charge is -2.36. The SMILES string of the molecule is COc1ccccc1-c1noc(C2(CN(C)C)CCCCC2)n1. The molecule has 0 amide bonds. The highest BCUT2D eigenvalue weighted by Crippen LogP contribution is 2.40. The summed E-state index contributed by atoms with van der Waals surface area (Å²) in [7, 11) is 5.87. The molecule has 1 saturated carbocycles. The van der Waals surface area contributed by atoms with Crippen molar-refractivity contribution in [3.05, 3.63) is 30.2 Å². The van der Waals surface area contributed by atoms with Gasteiger partial charge < -0.3 is 14.2 Å². The van der Waals surface area contributed by atoms with Gasteiger partial charge in [0.05, 0.1) is 18.1 Å². The number of para-hydroxylation sites is 1. The van der Waals surface area contributed by atoms with Gasteiger partial charge in [-0.15, -0.1) is 0 Å². The van der Waals surface area contributed by atoms with Gasteiger partial charge in [0.2, 0.25) is 11.7 Å². The third-order valence-corrected chi connectivity index (χ3v) is 4.66. The third kappa shape index (κ3) is 3.24. The van der Waals surface area contributed by atoms with Gasteiger partial charge in [0, 0.05) is 6.54 Å². The Labute approximate surface area is 137 Å². The predicted octanol–water partition coefficient (Wildman–Crippen LogP) is 3.51. The van der Waals surface area contributed by atoms with Crippen LogP contribution < -0.4 is 4.74 Å². The van der Waals surface area contributed by atoms with Crippen LogP contribution in [0, 0.1) is 0 Å². The van der Waals surface area contributed by atoms with E-state index in [-0.39, 0.29) is 5.41 Å². The van der Waals surface area contributed by atoms with Crippen molar-refractivity contribution in [2.24, 2.45) is 0 Å². The van der Waals surface area contributed by atoms with E-state index in [1.165, 1.54) is 19.3 Å². The molecule has 0 radical (unpaired) electrons. The molecule has 0 atom stereocenters. The smallest absolute Gasteiger partial charge is 0.234 e. The normalized spacial score (nSPS) is 17.4. The van der Waals surface area contributed by atoms with E-state index in [0.717, 1.165) is 36.6 Å². The lowest BCUT2D eigenvalue weighted by atomic mass is 9.73. The number of benzene rings is 1. The van der Waals surface area contributed by atoms with Gasteiger partial charge in [0.1, 0.15) is 5.75 Å². The van der Waals surface area contributed by atoms with E-state index >= 15 is 0 Å². The molecular formula is C18H25N3O2. The minimum atomic E-state index is -0.0188. The van der Waals surface area contributed by atoms with Gasteiger partial charge >= 0.3 is 0 Å². The lowest BCUT2D eigenvalue weighted by Crippen LogP contribution is -2.39. The number of aromatic nitrogens is 2. The monoisotopic (exact) mass is 315 g/mol. The summed E-state index contributed by atoms with van der Waals surface area (Å²) in [5.74, 6) is 2.15. The Bertz CT molecular complexity index is 645. The number of rotatable bonds is 5. The standard InChI is InChI=1S/C18H25N3O2/c1-21(2)13-18(11-7-4-8-12-18)17-19-16(20-23-17)14-9-5-6-10-15(14)22-3/h5-6,9-10H,4,7-8,11-13H2,1-3H3. The van der Waals surface area contributed by atoms with Crippen LogP contribution in [-0.2, 0) is 5.41 Å². The Kier molecular flexibility index (Phi) is 4.66. The maximum absolute atomic E-state index is 5.72. The van der Waals surface area contributed by atoms with Crippen molar-refractivity contribution in [3.8, 4) is 17.1 Å². The van der Waals surface area contributed by atoms with Gasteiger partial charge in [-0.2, -0.15) is 4.98 Å². The zero-order chi connectivity index (χ0) is 16.3. The van der Waals surface area contributed by atoms with E-state index in [9.17, 15) is 0 Å². The summed E-state index contributed by atoms with van der Waals surface area (Å²) in [4.78, 5) is 6.97. The van der Waals surface area contributed by atoms with Crippen LogP contribution >= 0.6 is 0 Å². The van der Waals surface area contributed by atoms with Gasteiger partial charge in [-0.05, 0) is 39.1 Å². The molecule has 1 aromatic heterocycles. The van der Waals surface area contributed by atoms with Crippen LogP contribution in [0.15, 0.2) is 28.8 Å². The first-order valence-corrected chi connectivity index (χ1v) is 8.27. The van der Waals surface area contributed by atoms with Crippen LogP contribution in [0.3, 0.4) is 0 Å². The summed E-state index contributed by atoms with van der Waals surface area (Å²) < 4.78 is 11.1. The fraction of sp³-hybridized carbons (Fsp3) is 0.556. The van der Waals surface area contributed by atoms with Crippen molar-refractivity contribution in [1.82, 2.24) is 15.0 Å². The highest BCUT2D eigenvalue weighted by atomic mass is 16.5. The fourth-order valence-electron chi connectivity index (χ4n) is 3.65. The molecule has 0 saturated heterocycles. The van der Waals surface area contributed by atoms with Crippen LogP contribution in [0.2, 0.25) is 0 Å². The Hall–Kier alpha value is -1.88. The number of likely N-dealkylation sites (N-methyl/N-ethyl adjacent to an activating group) is 1. The Balaban J connectivity index is 1.95. The maximum atomic E-state index is 5.72. The number of ether oxygens (including phenoxy) is 1. The molecule has 1 heterocycles. The molecule has 3 rings (SSSR count). The Morgan fingerprint density at radius 1 is 1.17 bits per heavy atom. The van der Waals surface area contributed by atoms with E-state index in [1.54, 1.807) is 7.11 Å². The highest BCUT2D eigenvalue weighted by molar-refractivity contribution is 5.63. The van der Waals surface area contributed by atoms with Crippen LogP contribution in [-0.4, -0.2) is 42.8 Å². The van der Waals surface area contributed by atoms with Gasteiger partial charge in [-0.3, -0.25) is 0 Å². The van der Waals surface area contributed by atoms with Gasteiger partial charge in [0.25, 0.3) is 0 Å². The molecule has 0 N–H and O–H groups in total. The van der Waals surface area contributed by atoms with Crippen molar-refractivity contribution in [1.29, 1.82) is 0 Å². The zero-order valence-electron chi connectivity index (χ0n) is 14.2. The largest absolute Gasteiger partial charge is 0.496 e. The summed E-state index contributed by atoms with van der Waals surface area (Å²) in [5, 5.41) is 4.24. The fourth-order valence-corrected chi connectivity index (χ4v) is 3.65. The lowest BCUT2D eigenvalue weighted by molar-refractivity contribution is 0.166. The Morgan fingerprint density at radius 3 is 2.61 bits per heavy atom. The molecule has 1 aromatic carbocycles. The topological polar surface area (TPSA) is 51.4 Å². The van der Waals surface area contributed by atoms with Gasteiger partial charge in [-0.1, -0.05) is 36.6 Å². The minimum Gasteiger partial charge on any atom is -0.496 e. The average molecular weight is 315 g/mol. The van der Waals surface area contributed by atoms with Crippen molar-refractivity contribution in [3.63, 3.8) is 0 Å². The first-order valence-electron chi connectivity index (χ1n) is 8.27. The van der Waals surface area contributed by atoms with Crippen LogP contribution in [0.5, 0.6) is 5.75 Å². The van der Waals surface area contributed by atoms with Gasteiger partial charge in [0.15, 0.2) is 0 Å². The molecule has 0 unspecified atom stereocenters. The highest BCUT2D eigenvalue weighted by Gasteiger charge is 2.39. The first kappa shape index (κ1) is 16.0. The number of nitrogens with zero attached hydrogens (tertiary/aromatic N) is 3. The van der Waals surface area contributed by atoms with Gasteiger partial charge in [-0.25, -0.2) is 0 Å². The summed E-state index contributed by atoms with van der Waals surface area (Å²) in [6.07, 6.45) is 5.96. The molecule has 1 aliphatic rings. The molecule has 5 nitrogen and oxygen atoms in total. The van der Waals surface area contributed by atoms with Crippen molar-refractivity contribution in [2.45, 2.75) is 37.5 Å². The molecule has 124 valence electrons. The van der Waals surface area contributed by atoms with E-state index in [4.69, 9.17) is 14.2 Å². The van der Waals surface area contributed by atoms with Crippen molar-refractivity contribution in [2.75, 3.05) is 27.7 Å². The summed E-state index contributed by atoms with van der Waals surface area (Å²) in [6.45, 7) is 0.945. The zero-order valence-corrected chi connectivity index (χ0v) is 14.2. The summed E-state index contributed by atoms with van der Waals surface area (Å²) in [5.41, 5.74) is 0.857. The molecule has 1 fully saturated rings. The molecular weight excluding hydrogens is 290 g/mol. The first-order chi connectivity index (χ1) is 11.1. The minimum absolute atomic E-state index is 0.0188. The quantitative estimate of drug-likeness (QED) is 0.845. The number of methoxy groups -OCH3 is 1. The maximum Gasteiger partial charge on any atom is 0.234 e. The molecule has 2 aromatic rings. The number of hydrogen-bond donors (Lipinski definition) is 0. The second-order valence-corrected chi connectivity index (χ2v) is 6.70. The van der Waals surface area contributed by atoms with Crippen molar-refractivity contribution < 1.29 is 9.26 Å². The molecule has 1 aliphatic carbocycles. The predicted molar refractivity (Wildman–Crippen MR) is 89.6 cm³/mol. The van der Waals surface area contributed by atoms with Crippen LogP contribution in [0.4, 0.5) is 0 Å².